The molecule has 7 nitrogen and oxygen atoms in total. The van der Waals surface area contributed by atoms with Gasteiger partial charge in [0.2, 0.25) is 0 Å². The van der Waals surface area contributed by atoms with Crippen molar-refractivity contribution in [1.29, 1.82) is 0 Å². The first-order valence-electron chi connectivity index (χ1n) is 7.45. The highest BCUT2D eigenvalue weighted by Crippen LogP contribution is 2.13. The molecule has 134 valence electrons. The summed E-state index contributed by atoms with van der Waals surface area (Å²) >= 11 is 5.01. The van der Waals surface area contributed by atoms with E-state index in [1.165, 1.54) is 42.5 Å². The molecular formula is C17H15FN4O3S. The van der Waals surface area contributed by atoms with Crippen LogP contribution >= 0.6 is 12.2 Å². The second kappa shape index (κ2) is 9.23. The smallest absolute Gasteiger partial charge is 0.270 e. The van der Waals surface area contributed by atoms with Gasteiger partial charge in [-0.1, -0.05) is 24.3 Å². The fraction of sp³-hybridized carbons (Fsp3) is 0.0588. The van der Waals surface area contributed by atoms with Crippen molar-refractivity contribution in [2.75, 3.05) is 0 Å². The predicted molar refractivity (Wildman–Crippen MR) is 99.2 cm³/mol. The van der Waals surface area contributed by atoms with Crippen LogP contribution in [0.1, 0.15) is 11.1 Å². The van der Waals surface area contributed by atoms with Gasteiger partial charge in [0.1, 0.15) is 5.82 Å². The molecule has 1 amide bonds. The molecule has 0 fully saturated rings. The van der Waals surface area contributed by atoms with E-state index in [-0.39, 0.29) is 16.6 Å². The molecule has 0 unspecified atom stereocenters. The average Bonchev–Trinajstić information content (AvgIpc) is 2.64. The van der Waals surface area contributed by atoms with E-state index >= 15 is 0 Å². The third-order valence-electron chi connectivity index (χ3n) is 3.17. The van der Waals surface area contributed by atoms with Gasteiger partial charge in [0.15, 0.2) is 5.11 Å². The van der Waals surface area contributed by atoms with Crippen molar-refractivity contribution in [3.63, 3.8) is 0 Å². The molecule has 0 aliphatic carbocycles. The van der Waals surface area contributed by atoms with E-state index in [2.05, 4.69) is 16.2 Å². The maximum Gasteiger partial charge on any atom is 0.270 e. The number of hydrogen-bond donors (Lipinski definition) is 3. The molecule has 0 saturated heterocycles. The van der Waals surface area contributed by atoms with Gasteiger partial charge in [-0.2, -0.15) is 0 Å². The largest absolute Gasteiger partial charge is 0.357 e. The molecule has 0 spiro atoms. The van der Waals surface area contributed by atoms with Crippen molar-refractivity contribution in [2.45, 2.75) is 6.54 Å². The lowest BCUT2D eigenvalue weighted by molar-refractivity contribution is -0.384. The number of thiocarbonyl (C=S) groups is 1. The van der Waals surface area contributed by atoms with E-state index in [0.717, 1.165) is 5.56 Å². The Hall–Kier alpha value is -3.33. The zero-order valence-electron chi connectivity index (χ0n) is 13.4. The van der Waals surface area contributed by atoms with Crippen LogP contribution in [0.5, 0.6) is 0 Å². The minimum absolute atomic E-state index is 0.0585. The van der Waals surface area contributed by atoms with E-state index in [0.29, 0.717) is 12.1 Å². The van der Waals surface area contributed by atoms with Crippen LogP contribution in [-0.2, 0) is 11.3 Å². The standard InChI is InChI=1S/C17H15FN4O3S/c18-14-7-4-13(5-8-14)11-19-17(26)21-20-16(23)9-6-12-2-1-3-15(10-12)22(24)25/h1-10H,11H2,(H,20,23)(H2,19,21,26)/b9-6+. The molecule has 0 saturated carbocycles. The van der Waals surface area contributed by atoms with Crippen LogP contribution in [0.4, 0.5) is 10.1 Å². The van der Waals surface area contributed by atoms with Gasteiger partial charge in [-0.15, -0.1) is 0 Å². The molecular weight excluding hydrogens is 359 g/mol. The van der Waals surface area contributed by atoms with Gasteiger partial charge >= 0.3 is 0 Å². The molecule has 0 atom stereocenters. The molecule has 0 aromatic heterocycles. The second-order valence-corrected chi connectivity index (χ2v) is 5.52. The Labute approximate surface area is 154 Å². The molecule has 0 aliphatic rings. The van der Waals surface area contributed by atoms with E-state index in [4.69, 9.17) is 12.2 Å². The maximum absolute atomic E-state index is 12.8. The first-order valence-corrected chi connectivity index (χ1v) is 7.85. The van der Waals surface area contributed by atoms with Crippen LogP contribution in [0.3, 0.4) is 0 Å². The average molecular weight is 374 g/mol. The third kappa shape index (κ3) is 6.29. The van der Waals surface area contributed by atoms with E-state index in [1.807, 2.05) is 0 Å². The van der Waals surface area contributed by atoms with Crippen LogP contribution < -0.4 is 16.2 Å². The fourth-order valence-electron chi connectivity index (χ4n) is 1.90. The van der Waals surface area contributed by atoms with Gasteiger partial charge in [0.05, 0.1) is 4.92 Å². The molecule has 3 N–H and O–H groups in total. The Morgan fingerprint density at radius 1 is 1.19 bits per heavy atom. The Balaban J connectivity index is 1.77. The molecule has 2 rings (SSSR count). The number of carbonyl (C=O) groups is 1. The molecule has 0 aliphatic heterocycles. The summed E-state index contributed by atoms with van der Waals surface area (Å²) in [5, 5.41) is 13.7. The number of nitrogens with one attached hydrogen (secondary N) is 3. The first kappa shape index (κ1) is 19.0. The predicted octanol–water partition coefficient (Wildman–Crippen LogP) is 2.44. The van der Waals surface area contributed by atoms with Crippen molar-refractivity contribution in [3.8, 4) is 0 Å². The number of carbonyl (C=O) groups excluding carboxylic acids is 1. The van der Waals surface area contributed by atoms with Gasteiger partial charge in [0.25, 0.3) is 11.6 Å². The number of non-ortho nitro benzene ring substituents is 1. The van der Waals surface area contributed by atoms with Crippen LogP contribution in [0.15, 0.2) is 54.6 Å². The summed E-state index contributed by atoms with van der Waals surface area (Å²) in [6.45, 7) is 0.367. The van der Waals surface area contributed by atoms with Crippen molar-refractivity contribution in [1.82, 2.24) is 16.2 Å². The van der Waals surface area contributed by atoms with Crippen molar-refractivity contribution >= 4 is 35.0 Å². The third-order valence-corrected chi connectivity index (χ3v) is 3.42. The molecule has 9 heteroatoms. The van der Waals surface area contributed by atoms with Crippen LogP contribution in [0, 0.1) is 15.9 Å². The summed E-state index contributed by atoms with van der Waals surface area (Å²) in [5.41, 5.74) is 6.17. The number of halogens is 1. The Kier molecular flexibility index (Phi) is 6.75. The number of nitro benzene ring substituents is 1. The van der Waals surface area contributed by atoms with Gasteiger partial charge in [-0.3, -0.25) is 25.8 Å². The topological polar surface area (TPSA) is 96.3 Å². The fourth-order valence-corrected chi connectivity index (χ4v) is 2.03. The first-order chi connectivity index (χ1) is 12.4. The SMILES string of the molecule is O=C(/C=C/c1cccc([N+](=O)[O-])c1)NNC(=S)NCc1ccc(F)cc1. The summed E-state index contributed by atoms with van der Waals surface area (Å²) in [7, 11) is 0. The number of hydrazine groups is 1. The quantitative estimate of drug-likeness (QED) is 0.322. The summed E-state index contributed by atoms with van der Waals surface area (Å²) in [6.07, 6.45) is 2.66. The van der Waals surface area contributed by atoms with Crippen molar-refractivity contribution in [2.24, 2.45) is 0 Å². The molecule has 0 heterocycles. The van der Waals surface area contributed by atoms with Crippen LogP contribution in [0.25, 0.3) is 6.08 Å². The normalized spacial score (nSPS) is 10.3. The molecule has 0 radical (unpaired) electrons. The maximum atomic E-state index is 12.8. The molecule has 2 aromatic carbocycles. The Morgan fingerprint density at radius 2 is 1.92 bits per heavy atom. The minimum Gasteiger partial charge on any atom is -0.357 e. The lowest BCUT2D eigenvalue weighted by Gasteiger charge is -2.10. The number of amides is 1. The lowest BCUT2D eigenvalue weighted by atomic mass is 10.2. The van der Waals surface area contributed by atoms with Crippen molar-refractivity contribution in [3.05, 3.63) is 81.7 Å². The molecule has 2 aromatic rings. The monoisotopic (exact) mass is 374 g/mol. The number of rotatable bonds is 5. The Morgan fingerprint density at radius 3 is 2.62 bits per heavy atom. The summed E-state index contributed by atoms with van der Waals surface area (Å²) < 4.78 is 12.8. The minimum atomic E-state index is -0.510. The number of nitro groups is 1. The summed E-state index contributed by atoms with van der Waals surface area (Å²) in [4.78, 5) is 21.9. The molecule has 26 heavy (non-hydrogen) atoms. The number of hydrogen-bond acceptors (Lipinski definition) is 4. The van der Waals surface area contributed by atoms with Crippen LogP contribution in [0.2, 0.25) is 0 Å². The van der Waals surface area contributed by atoms with Gasteiger partial charge in [-0.05, 0) is 41.6 Å². The highest BCUT2D eigenvalue weighted by atomic mass is 32.1. The summed E-state index contributed by atoms with van der Waals surface area (Å²) in [5.74, 6) is -0.806. The molecule has 0 bridgehead atoms. The zero-order valence-corrected chi connectivity index (χ0v) is 14.3. The van der Waals surface area contributed by atoms with Crippen LogP contribution in [-0.4, -0.2) is 15.9 Å². The van der Waals surface area contributed by atoms with E-state index in [1.54, 1.807) is 18.2 Å². The van der Waals surface area contributed by atoms with Gasteiger partial charge < -0.3 is 5.32 Å². The van der Waals surface area contributed by atoms with E-state index in [9.17, 15) is 19.3 Å². The zero-order chi connectivity index (χ0) is 18.9. The van der Waals surface area contributed by atoms with Gasteiger partial charge in [-0.25, -0.2) is 4.39 Å². The highest BCUT2D eigenvalue weighted by Gasteiger charge is 2.04. The lowest BCUT2D eigenvalue weighted by Crippen LogP contribution is -2.45. The second-order valence-electron chi connectivity index (χ2n) is 5.11. The highest BCUT2D eigenvalue weighted by molar-refractivity contribution is 7.80. The Bertz CT molecular complexity index is 840. The van der Waals surface area contributed by atoms with Crippen molar-refractivity contribution < 1.29 is 14.1 Å². The van der Waals surface area contributed by atoms with Gasteiger partial charge in [0, 0.05) is 24.8 Å². The van der Waals surface area contributed by atoms with E-state index < -0.39 is 10.8 Å². The number of benzene rings is 2. The summed E-state index contributed by atoms with van der Waals surface area (Å²) in [6, 6.07) is 11.8. The number of nitrogens with zero attached hydrogens (tertiary/aromatic N) is 1.